The van der Waals surface area contributed by atoms with E-state index < -0.39 is 17.5 Å². The van der Waals surface area contributed by atoms with E-state index in [1.54, 1.807) is 19.2 Å². The molecule has 1 fully saturated rings. The van der Waals surface area contributed by atoms with E-state index in [9.17, 15) is 14.4 Å². The van der Waals surface area contributed by atoms with Gasteiger partial charge in [0.05, 0.1) is 14.2 Å². The van der Waals surface area contributed by atoms with Crippen molar-refractivity contribution in [3.8, 4) is 11.5 Å². The molecule has 2 aliphatic rings. The van der Waals surface area contributed by atoms with Crippen molar-refractivity contribution in [2.45, 2.75) is 31.3 Å². The first-order valence-electron chi connectivity index (χ1n) is 10.2. The predicted molar refractivity (Wildman–Crippen MR) is 113 cm³/mol. The molecule has 1 saturated heterocycles. The van der Waals surface area contributed by atoms with Crippen LogP contribution < -0.4 is 20.1 Å². The number of amides is 4. The summed E-state index contributed by atoms with van der Waals surface area (Å²) < 4.78 is 10.5. The van der Waals surface area contributed by atoms with Crippen molar-refractivity contribution in [1.82, 2.24) is 15.5 Å². The number of carbonyl (C=O) groups excluding carboxylic acids is 3. The molecule has 1 atom stereocenters. The SMILES string of the molecule is COc1ccc(CNC(=O)CN2C(=O)N[C@]3(CCCc4ccccc43)C2=O)cc1OC. The van der Waals surface area contributed by atoms with Crippen LogP contribution >= 0.6 is 0 Å². The summed E-state index contributed by atoms with van der Waals surface area (Å²) in [6.45, 7) is -0.0985. The third-order valence-corrected chi connectivity index (χ3v) is 5.89. The molecule has 2 N–H and O–H groups in total. The van der Waals surface area contributed by atoms with Gasteiger partial charge in [-0.2, -0.15) is 0 Å². The van der Waals surface area contributed by atoms with Gasteiger partial charge in [0, 0.05) is 6.54 Å². The molecular formula is C23H25N3O5. The third kappa shape index (κ3) is 3.69. The van der Waals surface area contributed by atoms with E-state index in [-0.39, 0.29) is 19.0 Å². The molecule has 0 unspecified atom stereocenters. The van der Waals surface area contributed by atoms with E-state index >= 15 is 0 Å². The molecule has 0 bridgehead atoms. The quantitative estimate of drug-likeness (QED) is 0.694. The highest BCUT2D eigenvalue weighted by Crippen LogP contribution is 2.39. The number of urea groups is 1. The molecule has 2 aromatic rings. The van der Waals surface area contributed by atoms with Crippen LogP contribution in [0.3, 0.4) is 0 Å². The molecule has 8 heteroatoms. The van der Waals surface area contributed by atoms with E-state index in [1.807, 2.05) is 30.3 Å². The molecular weight excluding hydrogens is 398 g/mol. The van der Waals surface area contributed by atoms with Gasteiger partial charge in [-0.15, -0.1) is 0 Å². The van der Waals surface area contributed by atoms with Crippen LogP contribution in [0, 0.1) is 0 Å². The van der Waals surface area contributed by atoms with Crippen LogP contribution in [0.4, 0.5) is 4.79 Å². The molecule has 1 aliphatic heterocycles. The van der Waals surface area contributed by atoms with Crippen LogP contribution in [0.1, 0.15) is 29.5 Å². The third-order valence-electron chi connectivity index (χ3n) is 5.89. The summed E-state index contributed by atoms with van der Waals surface area (Å²) in [4.78, 5) is 39.4. The number of fused-ring (bicyclic) bond motifs is 2. The first-order valence-corrected chi connectivity index (χ1v) is 10.2. The van der Waals surface area contributed by atoms with Gasteiger partial charge in [0.2, 0.25) is 5.91 Å². The zero-order valence-electron chi connectivity index (χ0n) is 17.6. The zero-order valence-corrected chi connectivity index (χ0v) is 17.6. The van der Waals surface area contributed by atoms with Gasteiger partial charge in [-0.05, 0) is 48.1 Å². The maximum atomic E-state index is 13.3. The van der Waals surface area contributed by atoms with Gasteiger partial charge in [-0.1, -0.05) is 30.3 Å². The van der Waals surface area contributed by atoms with Crippen LogP contribution in [0.15, 0.2) is 42.5 Å². The molecule has 0 saturated carbocycles. The first-order chi connectivity index (χ1) is 15.0. The summed E-state index contributed by atoms with van der Waals surface area (Å²) in [6, 6.07) is 12.4. The highest BCUT2D eigenvalue weighted by Gasteiger charge is 2.54. The summed E-state index contributed by atoms with van der Waals surface area (Å²) >= 11 is 0. The van der Waals surface area contributed by atoms with Crippen molar-refractivity contribution in [2.75, 3.05) is 20.8 Å². The molecule has 1 aliphatic carbocycles. The van der Waals surface area contributed by atoms with Crippen molar-refractivity contribution in [3.05, 3.63) is 59.2 Å². The number of nitrogens with zero attached hydrogens (tertiary/aromatic N) is 1. The summed E-state index contributed by atoms with van der Waals surface area (Å²) in [6.07, 6.45) is 2.19. The number of imide groups is 1. The lowest BCUT2D eigenvalue weighted by atomic mass is 9.76. The number of hydrogen-bond acceptors (Lipinski definition) is 5. The highest BCUT2D eigenvalue weighted by atomic mass is 16.5. The molecule has 31 heavy (non-hydrogen) atoms. The van der Waals surface area contributed by atoms with Crippen LogP contribution in [0.5, 0.6) is 11.5 Å². The second-order valence-corrected chi connectivity index (χ2v) is 7.70. The Morgan fingerprint density at radius 1 is 1.13 bits per heavy atom. The van der Waals surface area contributed by atoms with Crippen LogP contribution in [0.25, 0.3) is 0 Å². The summed E-state index contributed by atoms with van der Waals surface area (Å²) in [5.41, 5.74) is 1.62. The Morgan fingerprint density at radius 2 is 1.90 bits per heavy atom. The van der Waals surface area contributed by atoms with Crippen molar-refractivity contribution in [1.29, 1.82) is 0 Å². The Kier molecular flexibility index (Phi) is 5.54. The fourth-order valence-electron chi connectivity index (χ4n) is 4.35. The fourth-order valence-corrected chi connectivity index (χ4v) is 4.35. The number of nitrogens with one attached hydrogen (secondary N) is 2. The van der Waals surface area contributed by atoms with Gasteiger partial charge in [-0.25, -0.2) is 4.79 Å². The van der Waals surface area contributed by atoms with E-state index in [0.29, 0.717) is 17.9 Å². The smallest absolute Gasteiger partial charge is 0.325 e. The maximum Gasteiger partial charge on any atom is 0.325 e. The van der Waals surface area contributed by atoms with Gasteiger partial charge < -0.3 is 20.1 Å². The minimum absolute atomic E-state index is 0.233. The second-order valence-electron chi connectivity index (χ2n) is 7.70. The van der Waals surface area contributed by atoms with E-state index in [2.05, 4.69) is 10.6 Å². The molecule has 2 aromatic carbocycles. The molecule has 8 nitrogen and oxygen atoms in total. The van der Waals surface area contributed by atoms with Crippen LogP contribution in [-0.4, -0.2) is 43.5 Å². The molecule has 1 spiro atoms. The summed E-state index contributed by atoms with van der Waals surface area (Å²) in [5.74, 6) is 0.363. The molecule has 4 amide bonds. The second kappa shape index (κ2) is 8.29. The number of benzene rings is 2. The summed E-state index contributed by atoms with van der Waals surface area (Å²) in [5, 5.41) is 5.62. The Morgan fingerprint density at radius 3 is 2.68 bits per heavy atom. The number of carbonyl (C=O) groups is 3. The van der Waals surface area contributed by atoms with Crippen LogP contribution in [0.2, 0.25) is 0 Å². The lowest BCUT2D eigenvalue weighted by molar-refractivity contribution is -0.135. The Hall–Kier alpha value is -3.55. The van der Waals surface area contributed by atoms with Gasteiger partial charge >= 0.3 is 6.03 Å². The number of methoxy groups -OCH3 is 2. The average Bonchev–Trinajstić information content (AvgIpc) is 3.02. The van der Waals surface area contributed by atoms with Gasteiger partial charge in [0.1, 0.15) is 12.1 Å². The van der Waals surface area contributed by atoms with Crippen molar-refractivity contribution in [2.24, 2.45) is 0 Å². The van der Waals surface area contributed by atoms with E-state index in [1.165, 1.54) is 7.11 Å². The molecule has 1 heterocycles. The average molecular weight is 423 g/mol. The largest absolute Gasteiger partial charge is 0.493 e. The minimum Gasteiger partial charge on any atom is -0.493 e. The fraction of sp³-hybridized carbons (Fsp3) is 0.348. The van der Waals surface area contributed by atoms with Gasteiger partial charge in [0.25, 0.3) is 5.91 Å². The van der Waals surface area contributed by atoms with Crippen molar-refractivity contribution >= 4 is 17.8 Å². The number of ether oxygens (including phenoxy) is 2. The topological polar surface area (TPSA) is 97.0 Å². The van der Waals surface area contributed by atoms with Crippen molar-refractivity contribution in [3.63, 3.8) is 0 Å². The molecule has 0 radical (unpaired) electrons. The van der Waals surface area contributed by atoms with Gasteiger partial charge in [-0.3, -0.25) is 14.5 Å². The Labute approximate surface area is 180 Å². The normalized spacial score (nSPS) is 19.7. The van der Waals surface area contributed by atoms with E-state index in [4.69, 9.17) is 9.47 Å². The molecule has 162 valence electrons. The zero-order chi connectivity index (χ0) is 22.0. The first kappa shape index (κ1) is 20.7. The number of aryl methyl sites for hydroxylation is 1. The maximum absolute atomic E-state index is 13.3. The highest BCUT2D eigenvalue weighted by molar-refractivity contribution is 6.09. The van der Waals surface area contributed by atoms with Gasteiger partial charge in [0.15, 0.2) is 11.5 Å². The lowest BCUT2D eigenvalue weighted by Gasteiger charge is -2.33. The monoisotopic (exact) mass is 423 g/mol. The molecule has 0 aromatic heterocycles. The summed E-state index contributed by atoms with van der Waals surface area (Å²) in [7, 11) is 3.09. The molecule has 4 rings (SSSR count). The standard InChI is InChI=1S/C23H25N3O5/c1-30-18-10-9-15(12-19(18)31-2)13-24-20(27)14-26-21(28)23(25-22(26)29)11-5-7-16-6-3-4-8-17(16)23/h3-4,6,8-10,12H,5,7,11,13-14H2,1-2H3,(H,24,27)(H,25,29)/t23-/m0/s1. The van der Waals surface area contributed by atoms with Crippen LogP contribution in [-0.2, 0) is 28.1 Å². The van der Waals surface area contributed by atoms with Crippen molar-refractivity contribution < 1.29 is 23.9 Å². The Bertz CT molecular complexity index is 1040. The minimum atomic E-state index is -1.07. The number of rotatable bonds is 6. The predicted octanol–water partition coefficient (Wildman–Crippen LogP) is 2.10. The lowest BCUT2D eigenvalue weighted by Crippen LogP contribution is -2.47. The Balaban J connectivity index is 1.44. The van der Waals surface area contributed by atoms with E-state index in [0.717, 1.165) is 34.4 Å². The number of hydrogen-bond donors (Lipinski definition) is 2.